The third kappa shape index (κ3) is 3.81. The molecule has 4 heteroatoms. The first-order chi connectivity index (χ1) is 11.1. The Morgan fingerprint density at radius 3 is 2.26 bits per heavy atom. The van der Waals surface area contributed by atoms with Crippen molar-refractivity contribution < 1.29 is 14.7 Å². The Morgan fingerprint density at radius 2 is 1.70 bits per heavy atom. The van der Waals surface area contributed by atoms with Gasteiger partial charge in [0.25, 0.3) is 0 Å². The van der Waals surface area contributed by atoms with Gasteiger partial charge in [0.05, 0.1) is 5.92 Å². The van der Waals surface area contributed by atoms with Crippen LogP contribution in [0.5, 0.6) is 0 Å². The maximum absolute atomic E-state index is 12.5. The standard InChI is InChI=1S/C19H23NO3/c21-18(20-12-15-8-4-5-9-16(15)13-20)11-17(19(22)23)10-14-6-2-1-3-7-14/h1-7,15-17H,8-13H2,(H,22,23). The molecule has 1 heterocycles. The van der Waals surface area contributed by atoms with Gasteiger partial charge in [0, 0.05) is 19.5 Å². The summed E-state index contributed by atoms with van der Waals surface area (Å²) in [5.41, 5.74) is 0.965. The number of hydrogen-bond donors (Lipinski definition) is 1. The SMILES string of the molecule is O=C(O)C(CC(=O)N1CC2CC=CCC2C1)Cc1ccccc1. The lowest BCUT2D eigenvalue weighted by Crippen LogP contribution is -2.33. The average Bonchev–Trinajstić information content (AvgIpc) is 2.99. The molecule has 0 bridgehead atoms. The number of hydrogen-bond acceptors (Lipinski definition) is 2. The second-order valence-corrected chi connectivity index (χ2v) is 6.69. The fourth-order valence-corrected chi connectivity index (χ4v) is 3.70. The van der Waals surface area contributed by atoms with Crippen molar-refractivity contribution >= 4 is 11.9 Å². The number of benzene rings is 1. The highest BCUT2D eigenvalue weighted by Gasteiger charge is 2.36. The summed E-state index contributed by atoms with van der Waals surface area (Å²) >= 11 is 0. The number of rotatable bonds is 5. The van der Waals surface area contributed by atoms with Crippen LogP contribution < -0.4 is 0 Å². The summed E-state index contributed by atoms with van der Waals surface area (Å²) in [5, 5.41) is 9.45. The van der Waals surface area contributed by atoms with Crippen LogP contribution in [0.3, 0.4) is 0 Å². The number of carboxylic acids is 1. The van der Waals surface area contributed by atoms with Crippen LogP contribution >= 0.6 is 0 Å². The van der Waals surface area contributed by atoms with Crippen molar-refractivity contribution in [3.05, 3.63) is 48.0 Å². The number of amides is 1. The highest BCUT2D eigenvalue weighted by atomic mass is 16.4. The molecular formula is C19H23NO3. The van der Waals surface area contributed by atoms with Gasteiger partial charge >= 0.3 is 5.97 Å². The molecule has 1 amide bonds. The molecule has 0 spiro atoms. The molecule has 3 unspecified atom stereocenters. The van der Waals surface area contributed by atoms with Crippen LogP contribution in [0.25, 0.3) is 0 Å². The van der Waals surface area contributed by atoms with E-state index in [1.54, 1.807) is 0 Å². The lowest BCUT2D eigenvalue weighted by atomic mass is 9.86. The molecule has 4 nitrogen and oxygen atoms in total. The second kappa shape index (κ2) is 6.99. The molecule has 1 saturated heterocycles. The Hall–Kier alpha value is -2.10. The van der Waals surface area contributed by atoms with Crippen molar-refractivity contribution in [1.82, 2.24) is 4.90 Å². The molecule has 1 aromatic carbocycles. The first-order valence-electron chi connectivity index (χ1n) is 8.33. The number of likely N-dealkylation sites (tertiary alicyclic amines) is 1. The van der Waals surface area contributed by atoms with Crippen LogP contribution in [0, 0.1) is 17.8 Å². The molecule has 3 atom stereocenters. The van der Waals surface area contributed by atoms with Gasteiger partial charge in [-0.05, 0) is 36.7 Å². The fourth-order valence-electron chi connectivity index (χ4n) is 3.70. The zero-order valence-corrected chi connectivity index (χ0v) is 13.2. The monoisotopic (exact) mass is 313 g/mol. The highest BCUT2D eigenvalue weighted by molar-refractivity contribution is 5.82. The summed E-state index contributed by atoms with van der Waals surface area (Å²) in [7, 11) is 0. The number of aliphatic carboxylic acids is 1. The van der Waals surface area contributed by atoms with E-state index in [1.807, 2.05) is 35.2 Å². The molecule has 0 aromatic heterocycles. The van der Waals surface area contributed by atoms with Gasteiger partial charge in [0.1, 0.15) is 0 Å². The van der Waals surface area contributed by atoms with E-state index >= 15 is 0 Å². The molecule has 1 N–H and O–H groups in total. The molecule has 1 aliphatic carbocycles. The lowest BCUT2D eigenvalue weighted by Gasteiger charge is -2.19. The first-order valence-corrected chi connectivity index (χ1v) is 8.33. The van der Waals surface area contributed by atoms with E-state index in [4.69, 9.17) is 0 Å². The molecule has 122 valence electrons. The predicted octanol–water partition coefficient (Wildman–Crippen LogP) is 2.74. The zero-order chi connectivity index (χ0) is 16.2. The van der Waals surface area contributed by atoms with Crippen molar-refractivity contribution in [3.63, 3.8) is 0 Å². The van der Waals surface area contributed by atoms with E-state index in [-0.39, 0.29) is 12.3 Å². The minimum Gasteiger partial charge on any atom is -0.481 e. The van der Waals surface area contributed by atoms with Crippen LogP contribution in [0.2, 0.25) is 0 Å². The third-order valence-electron chi connectivity index (χ3n) is 5.07. The number of fused-ring (bicyclic) bond motifs is 1. The molecule has 0 saturated carbocycles. The molecule has 0 radical (unpaired) electrons. The van der Waals surface area contributed by atoms with E-state index in [9.17, 15) is 14.7 Å². The number of nitrogens with zero attached hydrogens (tertiary/aromatic N) is 1. The van der Waals surface area contributed by atoms with Crippen molar-refractivity contribution in [2.75, 3.05) is 13.1 Å². The summed E-state index contributed by atoms with van der Waals surface area (Å²) in [4.78, 5) is 25.9. The van der Waals surface area contributed by atoms with E-state index < -0.39 is 11.9 Å². The first kappa shape index (κ1) is 15.8. The number of allylic oxidation sites excluding steroid dienone is 2. The van der Waals surface area contributed by atoms with Gasteiger partial charge in [0.2, 0.25) is 5.91 Å². The van der Waals surface area contributed by atoms with Gasteiger partial charge in [-0.25, -0.2) is 0 Å². The van der Waals surface area contributed by atoms with Gasteiger partial charge < -0.3 is 10.0 Å². The molecule has 1 fully saturated rings. The van der Waals surface area contributed by atoms with E-state index in [1.165, 1.54) is 0 Å². The summed E-state index contributed by atoms with van der Waals surface area (Å²) in [6.07, 6.45) is 6.98. The summed E-state index contributed by atoms with van der Waals surface area (Å²) in [6.45, 7) is 1.57. The Labute approximate surface area is 136 Å². The van der Waals surface area contributed by atoms with Gasteiger partial charge in [-0.2, -0.15) is 0 Å². The quantitative estimate of drug-likeness (QED) is 0.850. The molecular weight excluding hydrogens is 290 g/mol. The molecule has 1 aromatic rings. The van der Waals surface area contributed by atoms with Crippen molar-refractivity contribution in [3.8, 4) is 0 Å². The highest BCUT2D eigenvalue weighted by Crippen LogP contribution is 2.33. The topological polar surface area (TPSA) is 57.6 Å². The minimum atomic E-state index is -0.888. The van der Waals surface area contributed by atoms with Crippen molar-refractivity contribution in [2.45, 2.75) is 25.7 Å². The second-order valence-electron chi connectivity index (χ2n) is 6.69. The molecule has 2 aliphatic rings. The number of carbonyl (C=O) groups excluding carboxylic acids is 1. The van der Waals surface area contributed by atoms with Gasteiger partial charge in [-0.3, -0.25) is 9.59 Å². The maximum Gasteiger partial charge on any atom is 0.307 e. The maximum atomic E-state index is 12.5. The predicted molar refractivity (Wildman–Crippen MR) is 87.8 cm³/mol. The van der Waals surface area contributed by atoms with Crippen LogP contribution in [0.15, 0.2) is 42.5 Å². The van der Waals surface area contributed by atoms with Crippen molar-refractivity contribution in [1.29, 1.82) is 0 Å². The van der Waals surface area contributed by atoms with E-state index in [0.717, 1.165) is 31.5 Å². The normalized spacial score (nSPS) is 24.3. The number of carboxylic acid groups (broad SMARTS) is 1. The fraction of sp³-hybridized carbons (Fsp3) is 0.474. The number of carbonyl (C=O) groups is 2. The Morgan fingerprint density at radius 1 is 1.09 bits per heavy atom. The summed E-state index contributed by atoms with van der Waals surface area (Å²) < 4.78 is 0. The summed E-state index contributed by atoms with van der Waals surface area (Å²) in [5.74, 6) is -0.434. The smallest absolute Gasteiger partial charge is 0.307 e. The van der Waals surface area contributed by atoms with E-state index in [2.05, 4.69) is 12.2 Å². The van der Waals surface area contributed by atoms with Crippen LogP contribution in [0.4, 0.5) is 0 Å². The Balaban J connectivity index is 1.59. The van der Waals surface area contributed by atoms with Crippen LogP contribution in [-0.2, 0) is 16.0 Å². The molecule has 3 rings (SSSR count). The Kier molecular flexibility index (Phi) is 4.79. The van der Waals surface area contributed by atoms with Gasteiger partial charge in [-0.15, -0.1) is 0 Å². The van der Waals surface area contributed by atoms with Crippen LogP contribution in [0.1, 0.15) is 24.8 Å². The molecule has 23 heavy (non-hydrogen) atoms. The third-order valence-corrected chi connectivity index (χ3v) is 5.07. The molecule has 1 aliphatic heterocycles. The van der Waals surface area contributed by atoms with Crippen LogP contribution in [-0.4, -0.2) is 35.0 Å². The van der Waals surface area contributed by atoms with Crippen molar-refractivity contribution in [2.24, 2.45) is 17.8 Å². The van der Waals surface area contributed by atoms with E-state index in [0.29, 0.717) is 18.3 Å². The minimum absolute atomic E-state index is 0.0114. The van der Waals surface area contributed by atoms with Gasteiger partial charge in [0.15, 0.2) is 0 Å². The Bertz CT molecular complexity index is 580. The largest absolute Gasteiger partial charge is 0.481 e. The lowest BCUT2D eigenvalue weighted by molar-refractivity contribution is -0.145. The van der Waals surface area contributed by atoms with Gasteiger partial charge in [-0.1, -0.05) is 42.5 Å². The summed E-state index contributed by atoms with van der Waals surface area (Å²) in [6, 6.07) is 9.53. The zero-order valence-electron chi connectivity index (χ0n) is 13.2. The average molecular weight is 313 g/mol.